The van der Waals surface area contributed by atoms with Crippen molar-refractivity contribution >= 4 is 0 Å². The lowest BCUT2D eigenvalue weighted by atomic mass is 9.68. The van der Waals surface area contributed by atoms with E-state index in [1.54, 1.807) is 24.3 Å². The Morgan fingerprint density at radius 2 is 1.05 bits per heavy atom. The van der Waals surface area contributed by atoms with Crippen LogP contribution >= 0.6 is 0 Å². The molecule has 0 N–H and O–H groups in total. The van der Waals surface area contributed by atoms with Crippen molar-refractivity contribution in [2.24, 2.45) is 17.8 Å². The lowest BCUT2D eigenvalue weighted by Gasteiger charge is -2.37. The average molecular weight is 535 g/mol. The third-order valence-corrected chi connectivity index (χ3v) is 9.79. The summed E-state index contributed by atoms with van der Waals surface area (Å²) in [6.07, 6.45) is 7.83. The fraction of sp³-hybridized carbons (Fsp3) is 0.625. The monoisotopic (exact) mass is 534 g/mol. The van der Waals surface area contributed by atoms with Gasteiger partial charge < -0.3 is 4.74 Å². The molecule has 0 atom stereocenters. The maximum atomic E-state index is 15.3. The fourth-order valence-electron chi connectivity index (χ4n) is 7.57. The second kappa shape index (κ2) is 11.6. The van der Waals surface area contributed by atoms with Gasteiger partial charge in [-0.3, -0.25) is 0 Å². The maximum Gasteiger partial charge on any atom is 0.573 e. The van der Waals surface area contributed by atoms with Crippen LogP contribution in [0.1, 0.15) is 118 Å². The normalized spacial score (nSPS) is 30.7. The van der Waals surface area contributed by atoms with E-state index in [0.717, 1.165) is 54.6 Å². The first-order valence-corrected chi connectivity index (χ1v) is 14.5. The summed E-state index contributed by atoms with van der Waals surface area (Å²) in [5.74, 6) is 1.64. The minimum Gasteiger partial charge on any atom is -0.406 e. The highest BCUT2D eigenvalue weighted by molar-refractivity contribution is 5.33. The highest BCUT2D eigenvalue weighted by Gasteiger charge is 2.33. The molecular formula is C32H39F5O. The molecular weight excluding hydrogens is 495 g/mol. The minimum atomic E-state index is -4.71. The molecule has 6 heteroatoms. The van der Waals surface area contributed by atoms with E-state index in [-0.39, 0.29) is 29.1 Å². The number of ether oxygens (including phenoxy) is 1. The largest absolute Gasteiger partial charge is 0.573 e. The molecule has 3 aliphatic rings. The van der Waals surface area contributed by atoms with Crippen molar-refractivity contribution in [3.63, 3.8) is 0 Å². The molecule has 0 spiro atoms. The van der Waals surface area contributed by atoms with Crippen LogP contribution in [0.15, 0.2) is 36.4 Å². The third kappa shape index (κ3) is 6.54. The third-order valence-electron chi connectivity index (χ3n) is 9.79. The quantitative estimate of drug-likeness (QED) is 0.347. The van der Waals surface area contributed by atoms with Gasteiger partial charge in [0.15, 0.2) is 0 Å². The van der Waals surface area contributed by atoms with E-state index in [0.29, 0.717) is 12.8 Å². The summed E-state index contributed by atoms with van der Waals surface area (Å²) in [5.41, 5.74) is 1.97. The van der Waals surface area contributed by atoms with Crippen molar-refractivity contribution in [3.8, 4) is 5.75 Å². The summed E-state index contributed by atoms with van der Waals surface area (Å²) < 4.78 is 71.8. The van der Waals surface area contributed by atoms with Crippen LogP contribution in [0, 0.1) is 29.4 Å². The van der Waals surface area contributed by atoms with E-state index >= 15 is 8.78 Å². The van der Waals surface area contributed by atoms with E-state index < -0.39 is 18.0 Å². The maximum absolute atomic E-state index is 15.3. The first kappa shape index (κ1) is 27.5. The van der Waals surface area contributed by atoms with Crippen LogP contribution in [-0.4, -0.2) is 6.36 Å². The molecule has 0 heterocycles. The number of benzene rings is 2. The van der Waals surface area contributed by atoms with Gasteiger partial charge >= 0.3 is 6.36 Å². The van der Waals surface area contributed by atoms with Crippen molar-refractivity contribution in [3.05, 3.63) is 64.7 Å². The summed E-state index contributed by atoms with van der Waals surface area (Å²) >= 11 is 0. The topological polar surface area (TPSA) is 9.23 Å². The zero-order valence-corrected chi connectivity index (χ0v) is 22.2. The number of hydrogen-bond donors (Lipinski definition) is 0. The van der Waals surface area contributed by atoms with Gasteiger partial charge in [0.2, 0.25) is 0 Å². The lowest BCUT2D eigenvalue weighted by Crippen LogP contribution is -2.25. The SMILES string of the molecule is CC1CCC(C2CCC(c3cc(F)c(C4CCC(c5ccc(OC(F)(F)F)cc5)CC4)c(F)c3)CC2)CC1. The number of rotatable bonds is 5. The molecule has 0 unspecified atom stereocenters. The van der Waals surface area contributed by atoms with Crippen LogP contribution in [0.2, 0.25) is 0 Å². The summed E-state index contributed by atoms with van der Waals surface area (Å²) in [4.78, 5) is 0. The fourth-order valence-corrected chi connectivity index (χ4v) is 7.57. The Bertz CT molecular complexity index is 1030. The molecule has 1 nitrogen and oxygen atoms in total. The molecule has 0 saturated heterocycles. The Labute approximate surface area is 223 Å². The molecule has 5 rings (SSSR count). The Kier molecular flexibility index (Phi) is 8.35. The van der Waals surface area contributed by atoms with E-state index in [1.165, 1.54) is 50.7 Å². The standard InChI is InChI=1S/C32H39F5O/c1-20-2-4-21(5-3-20)22-6-8-25(9-7-22)27-18-29(33)31(30(34)19-27)26-12-10-23(11-13-26)24-14-16-28(17-15-24)38-32(35,36)37/h14-23,25-26H,2-13H2,1H3. The van der Waals surface area contributed by atoms with Crippen LogP contribution in [0.5, 0.6) is 5.75 Å². The van der Waals surface area contributed by atoms with Crippen molar-refractivity contribution in [1.29, 1.82) is 0 Å². The van der Waals surface area contributed by atoms with Crippen molar-refractivity contribution in [2.45, 2.75) is 108 Å². The molecule has 2 aromatic rings. The van der Waals surface area contributed by atoms with E-state index in [1.807, 2.05) is 0 Å². The van der Waals surface area contributed by atoms with E-state index in [9.17, 15) is 13.2 Å². The van der Waals surface area contributed by atoms with Gasteiger partial charge in [0.05, 0.1) is 0 Å². The first-order chi connectivity index (χ1) is 18.2. The molecule has 0 aliphatic heterocycles. The molecule has 3 saturated carbocycles. The van der Waals surface area contributed by atoms with E-state index in [2.05, 4.69) is 11.7 Å². The van der Waals surface area contributed by atoms with Crippen LogP contribution < -0.4 is 4.74 Å². The van der Waals surface area contributed by atoms with Crippen molar-refractivity contribution in [1.82, 2.24) is 0 Å². The number of alkyl halides is 3. The van der Waals surface area contributed by atoms with Gasteiger partial charge in [-0.15, -0.1) is 13.2 Å². The molecule has 0 bridgehead atoms. The van der Waals surface area contributed by atoms with Gasteiger partial charge in [0, 0.05) is 5.56 Å². The summed E-state index contributed by atoms with van der Waals surface area (Å²) in [7, 11) is 0. The van der Waals surface area contributed by atoms with Gasteiger partial charge in [-0.2, -0.15) is 0 Å². The van der Waals surface area contributed by atoms with Gasteiger partial charge in [-0.05, 0) is 135 Å². The van der Waals surface area contributed by atoms with Crippen LogP contribution in [0.4, 0.5) is 22.0 Å². The van der Waals surface area contributed by atoms with Crippen molar-refractivity contribution in [2.75, 3.05) is 0 Å². The number of halogens is 5. The Morgan fingerprint density at radius 1 is 0.605 bits per heavy atom. The van der Waals surface area contributed by atoms with Gasteiger partial charge in [0.25, 0.3) is 0 Å². The Balaban J connectivity index is 1.16. The summed E-state index contributed by atoms with van der Waals surface area (Å²) in [5, 5.41) is 0. The second-order valence-corrected chi connectivity index (χ2v) is 12.2. The van der Waals surface area contributed by atoms with Crippen molar-refractivity contribution < 1.29 is 26.7 Å². The molecule has 2 aromatic carbocycles. The zero-order valence-electron chi connectivity index (χ0n) is 22.2. The molecule has 0 radical (unpaired) electrons. The lowest BCUT2D eigenvalue weighted by molar-refractivity contribution is -0.274. The molecule has 0 amide bonds. The van der Waals surface area contributed by atoms with Crippen LogP contribution in [-0.2, 0) is 0 Å². The smallest absolute Gasteiger partial charge is 0.406 e. The zero-order chi connectivity index (χ0) is 26.9. The van der Waals surface area contributed by atoms with Crippen LogP contribution in [0.25, 0.3) is 0 Å². The van der Waals surface area contributed by atoms with Gasteiger partial charge in [0.1, 0.15) is 17.4 Å². The highest BCUT2D eigenvalue weighted by Crippen LogP contribution is 2.46. The highest BCUT2D eigenvalue weighted by atomic mass is 19.4. The Morgan fingerprint density at radius 3 is 1.58 bits per heavy atom. The summed E-state index contributed by atoms with van der Waals surface area (Å²) in [6.45, 7) is 2.35. The molecule has 3 aliphatic carbocycles. The van der Waals surface area contributed by atoms with E-state index in [4.69, 9.17) is 0 Å². The summed E-state index contributed by atoms with van der Waals surface area (Å²) in [6, 6.07) is 9.16. The first-order valence-electron chi connectivity index (χ1n) is 14.5. The molecule has 208 valence electrons. The second-order valence-electron chi connectivity index (χ2n) is 12.2. The predicted molar refractivity (Wildman–Crippen MR) is 139 cm³/mol. The molecule has 0 aromatic heterocycles. The van der Waals surface area contributed by atoms with Gasteiger partial charge in [-0.1, -0.05) is 31.9 Å². The average Bonchev–Trinajstić information content (AvgIpc) is 2.89. The molecule has 38 heavy (non-hydrogen) atoms. The number of hydrogen-bond acceptors (Lipinski definition) is 1. The Hall–Kier alpha value is -2.11. The minimum absolute atomic E-state index is 0.166. The van der Waals surface area contributed by atoms with Crippen LogP contribution in [0.3, 0.4) is 0 Å². The molecule has 3 fully saturated rings. The van der Waals surface area contributed by atoms with Gasteiger partial charge in [-0.25, -0.2) is 8.78 Å². The predicted octanol–water partition coefficient (Wildman–Crippen LogP) is 10.4.